The largest absolute Gasteiger partial charge is 0.381 e. The maximum atomic E-state index is 5.64. The molecule has 5 nitrogen and oxygen atoms in total. The highest BCUT2D eigenvalue weighted by Crippen LogP contribution is 2.15. The molecule has 0 aliphatic carbocycles. The van der Waals surface area contributed by atoms with E-state index >= 15 is 0 Å². The number of aromatic nitrogens is 3. The fourth-order valence-corrected chi connectivity index (χ4v) is 1.88. The number of hydrogen-bond donors (Lipinski definition) is 2. The molecule has 0 saturated heterocycles. The van der Waals surface area contributed by atoms with Gasteiger partial charge in [0.25, 0.3) is 0 Å². The van der Waals surface area contributed by atoms with Gasteiger partial charge in [0.05, 0.1) is 11.6 Å². The maximum absolute atomic E-state index is 5.64. The minimum Gasteiger partial charge on any atom is -0.381 e. The molecular weight excluding hydrogens is 210 g/mol. The molecule has 15 heavy (non-hydrogen) atoms. The van der Waals surface area contributed by atoms with Crippen LogP contribution in [-0.4, -0.2) is 15.0 Å². The van der Waals surface area contributed by atoms with E-state index in [0.717, 1.165) is 9.88 Å². The Morgan fingerprint density at radius 3 is 2.80 bits per heavy atom. The lowest BCUT2D eigenvalue weighted by molar-refractivity contribution is 1.11. The van der Waals surface area contributed by atoms with Crippen molar-refractivity contribution >= 4 is 23.0 Å². The Morgan fingerprint density at radius 2 is 2.13 bits per heavy atom. The second-order valence-electron chi connectivity index (χ2n) is 2.99. The van der Waals surface area contributed by atoms with Gasteiger partial charge >= 0.3 is 0 Å². The normalized spacial score (nSPS) is 10.2. The smallest absolute Gasteiger partial charge is 0.169 e. The van der Waals surface area contributed by atoms with Gasteiger partial charge in [-0.25, -0.2) is 15.0 Å². The van der Waals surface area contributed by atoms with Crippen molar-refractivity contribution in [3.8, 4) is 0 Å². The van der Waals surface area contributed by atoms with Crippen LogP contribution in [0.3, 0.4) is 0 Å². The molecule has 0 fully saturated rings. The Labute approximate surface area is 91.4 Å². The highest BCUT2D eigenvalue weighted by atomic mass is 32.1. The number of thiazole rings is 1. The third kappa shape index (κ3) is 2.41. The number of rotatable bonds is 3. The Bertz CT molecular complexity index is 453. The number of nitrogens with zero attached hydrogens (tertiary/aromatic N) is 3. The van der Waals surface area contributed by atoms with E-state index in [9.17, 15) is 0 Å². The lowest BCUT2D eigenvalue weighted by Crippen LogP contribution is -2.04. The molecule has 6 heteroatoms. The van der Waals surface area contributed by atoms with E-state index < -0.39 is 0 Å². The number of anilines is 2. The lowest BCUT2D eigenvalue weighted by Gasteiger charge is -2.04. The molecule has 0 aliphatic rings. The second kappa shape index (κ2) is 4.22. The fourth-order valence-electron chi connectivity index (χ4n) is 1.14. The zero-order chi connectivity index (χ0) is 10.7. The number of hydrogen-bond acceptors (Lipinski definition) is 6. The van der Waals surface area contributed by atoms with Crippen molar-refractivity contribution in [3.63, 3.8) is 0 Å². The summed E-state index contributed by atoms with van der Waals surface area (Å²) in [6.07, 6.45) is 5.02. The van der Waals surface area contributed by atoms with Crippen LogP contribution in [-0.2, 0) is 6.54 Å². The Morgan fingerprint density at radius 1 is 1.33 bits per heavy atom. The maximum Gasteiger partial charge on any atom is 0.169 e. The van der Waals surface area contributed by atoms with Crippen LogP contribution < -0.4 is 11.1 Å². The minimum atomic E-state index is 0.415. The molecule has 0 amide bonds. The molecule has 0 radical (unpaired) electrons. The van der Waals surface area contributed by atoms with Crippen LogP contribution in [0.1, 0.15) is 9.88 Å². The van der Waals surface area contributed by atoms with Crippen molar-refractivity contribution in [1.29, 1.82) is 0 Å². The van der Waals surface area contributed by atoms with Crippen molar-refractivity contribution in [3.05, 3.63) is 28.5 Å². The van der Waals surface area contributed by atoms with Crippen molar-refractivity contribution in [2.45, 2.75) is 13.5 Å². The van der Waals surface area contributed by atoms with Gasteiger partial charge in [0.15, 0.2) is 11.6 Å². The summed E-state index contributed by atoms with van der Waals surface area (Å²) >= 11 is 1.65. The first-order chi connectivity index (χ1) is 7.25. The van der Waals surface area contributed by atoms with Crippen molar-refractivity contribution in [1.82, 2.24) is 15.0 Å². The molecule has 0 atom stereocenters. The minimum absolute atomic E-state index is 0.415. The first kappa shape index (κ1) is 9.85. The molecule has 0 saturated carbocycles. The van der Waals surface area contributed by atoms with Gasteiger partial charge in [-0.15, -0.1) is 11.3 Å². The van der Waals surface area contributed by atoms with Crippen LogP contribution in [0.5, 0.6) is 0 Å². The van der Waals surface area contributed by atoms with Gasteiger partial charge in [0.2, 0.25) is 0 Å². The first-order valence-corrected chi connectivity index (χ1v) is 5.29. The first-order valence-electron chi connectivity index (χ1n) is 4.47. The number of nitrogens with two attached hydrogens (primary N) is 1. The topological polar surface area (TPSA) is 76.7 Å². The highest BCUT2D eigenvalue weighted by Gasteiger charge is 2.01. The number of nitrogens with one attached hydrogen (secondary N) is 1. The molecule has 0 spiro atoms. The van der Waals surface area contributed by atoms with E-state index in [2.05, 4.69) is 20.3 Å². The predicted molar refractivity (Wildman–Crippen MR) is 60.6 cm³/mol. The fraction of sp³-hybridized carbons (Fsp3) is 0.222. The average molecular weight is 221 g/mol. The molecular formula is C9H11N5S. The lowest BCUT2D eigenvalue weighted by atomic mass is 10.5. The van der Waals surface area contributed by atoms with E-state index in [-0.39, 0.29) is 0 Å². The monoisotopic (exact) mass is 221 g/mol. The van der Waals surface area contributed by atoms with Crippen molar-refractivity contribution in [2.24, 2.45) is 0 Å². The van der Waals surface area contributed by atoms with Crippen molar-refractivity contribution < 1.29 is 0 Å². The average Bonchev–Trinajstić information content (AvgIpc) is 2.63. The summed E-state index contributed by atoms with van der Waals surface area (Å²) in [5, 5.41) is 4.17. The summed E-state index contributed by atoms with van der Waals surface area (Å²) in [6, 6.07) is 0. The molecule has 0 aromatic carbocycles. The zero-order valence-electron chi connectivity index (χ0n) is 8.27. The molecule has 0 unspecified atom stereocenters. The van der Waals surface area contributed by atoms with Gasteiger partial charge < -0.3 is 11.1 Å². The number of nitrogen functional groups attached to an aromatic ring is 1. The van der Waals surface area contributed by atoms with E-state index in [0.29, 0.717) is 18.2 Å². The van der Waals surface area contributed by atoms with Gasteiger partial charge in [0.1, 0.15) is 0 Å². The predicted octanol–water partition coefficient (Wildman–Crippen LogP) is 1.44. The standard InChI is InChI=1S/C9H11N5S/c1-6-13-4-7(15-6)5-14-9-8(10)11-2-3-12-9/h2-4H,5H2,1H3,(H2,10,11)(H,12,14). The molecule has 2 aromatic rings. The molecule has 0 bridgehead atoms. The summed E-state index contributed by atoms with van der Waals surface area (Å²) in [6.45, 7) is 2.65. The summed E-state index contributed by atoms with van der Waals surface area (Å²) < 4.78 is 0. The van der Waals surface area contributed by atoms with Crippen LogP contribution in [0.25, 0.3) is 0 Å². The Hall–Kier alpha value is -1.69. The summed E-state index contributed by atoms with van der Waals surface area (Å²) in [5.41, 5.74) is 5.64. The van der Waals surface area contributed by atoms with Gasteiger partial charge in [-0.3, -0.25) is 0 Å². The van der Waals surface area contributed by atoms with Gasteiger partial charge in [-0.2, -0.15) is 0 Å². The SMILES string of the molecule is Cc1ncc(CNc2nccnc2N)s1. The van der Waals surface area contributed by atoms with E-state index in [1.54, 1.807) is 23.7 Å². The van der Waals surface area contributed by atoms with E-state index in [1.807, 2.05) is 13.1 Å². The molecule has 2 rings (SSSR count). The van der Waals surface area contributed by atoms with Crippen LogP contribution in [0.2, 0.25) is 0 Å². The van der Waals surface area contributed by atoms with Crippen LogP contribution in [0, 0.1) is 6.92 Å². The van der Waals surface area contributed by atoms with E-state index in [1.165, 1.54) is 0 Å². The van der Waals surface area contributed by atoms with Gasteiger partial charge in [-0.05, 0) is 6.92 Å². The van der Waals surface area contributed by atoms with E-state index in [4.69, 9.17) is 5.73 Å². The summed E-state index contributed by atoms with van der Waals surface area (Å²) in [5.74, 6) is 1.03. The summed E-state index contributed by atoms with van der Waals surface area (Å²) in [7, 11) is 0. The molecule has 78 valence electrons. The van der Waals surface area contributed by atoms with Crippen LogP contribution in [0.4, 0.5) is 11.6 Å². The van der Waals surface area contributed by atoms with Crippen molar-refractivity contribution in [2.75, 3.05) is 11.1 Å². The summed E-state index contributed by atoms with van der Waals surface area (Å²) in [4.78, 5) is 13.3. The molecule has 2 aromatic heterocycles. The van der Waals surface area contributed by atoms with Gasteiger partial charge in [0, 0.05) is 23.5 Å². The van der Waals surface area contributed by atoms with Crippen LogP contribution >= 0.6 is 11.3 Å². The Balaban J connectivity index is 2.02. The Kier molecular flexibility index (Phi) is 2.77. The second-order valence-corrected chi connectivity index (χ2v) is 4.31. The third-order valence-electron chi connectivity index (χ3n) is 1.83. The quantitative estimate of drug-likeness (QED) is 0.820. The molecule has 2 heterocycles. The molecule has 0 aliphatic heterocycles. The van der Waals surface area contributed by atoms with Crippen LogP contribution in [0.15, 0.2) is 18.6 Å². The van der Waals surface area contributed by atoms with Gasteiger partial charge in [-0.1, -0.05) is 0 Å². The molecule has 3 N–H and O–H groups in total. The highest BCUT2D eigenvalue weighted by molar-refractivity contribution is 7.11. The third-order valence-corrected chi connectivity index (χ3v) is 2.74. The zero-order valence-corrected chi connectivity index (χ0v) is 9.08. The number of aryl methyl sites for hydroxylation is 1.